The Morgan fingerprint density at radius 2 is 1.00 bits per heavy atom. The fourth-order valence-electron chi connectivity index (χ4n) is 1.61. The zero-order valence-electron chi connectivity index (χ0n) is 11.7. The van der Waals surface area contributed by atoms with Crippen LogP contribution in [0.3, 0.4) is 0 Å². The Labute approximate surface area is 130 Å². The summed E-state index contributed by atoms with van der Waals surface area (Å²) in [6.07, 6.45) is 0. The highest BCUT2D eigenvalue weighted by molar-refractivity contribution is 5.60. The van der Waals surface area contributed by atoms with E-state index >= 15 is 0 Å². The van der Waals surface area contributed by atoms with Crippen LogP contribution in [0.1, 0.15) is 11.1 Å². The summed E-state index contributed by atoms with van der Waals surface area (Å²) < 4.78 is 0. The van der Waals surface area contributed by atoms with E-state index in [1.54, 1.807) is 0 Å². The van der Waals surface area contributed by atoms with Crippen molar-refractivity contribution in [3.63, 3.8) is 0 Å². The van der Waals surface area contributed by atoms with Crippen LogP contribution in [0.2, 0.25) is 0 Å². The lowest BCUT2D eigenvalue weighted by Gasteiger charge is -1.90. The summed E-state index contributed by atoms with van der Waals surface area (Å²) in [5.74, 6) is 11.5. The molecule has 0 aliphatic heterocycles. The molecule has 0 atom stereocenters. The van der Waals surface area contributed by atoms with Gasteiger partial charge in [0.2, 0.25) is 0 Å². The molecule has 2 rings (SSSR count). The van der Waals surface area contributed by atoms with Gasteiger partial charge >= 0.3 is 0 Å². The number of benzene rings is 2. The summed E-state index contributed by atoms with van der Waals surface area (Å²) >= 11 is 0. The normalized spacial score (nSPS) is 8.09. The van der Waals surface area contributed by atoms with Gasteiger partial charge < -0.3 is 0 Å². The summed E-state index contributed by atoms with van der Waals surface area (Å²) in [6.45, 7) is 0. The summed E-state index contributed by atoms with van der Waals surface area (Å²) in [7, 11) is 0. The van der Waals surface area contributed by atoms with E-state index in [2.05, 4.69) is 23.7 Å². The topological polar surface area (TPSA) is 47.6 Å². The van der Waals surface area contributed by atoms with Gasteiger partial charge in [-0.1, -0.05) is 60.1 Å². The SMILES string of the molecule is N#CC(C#N)=C(C#Cc1ccccc1)C#Cc1ccccc1. The third kappa shape index (κ3) is 4.15. The van der Waals surface area contributed by atoms with Crippen molar-refractivity contribution in [3.05, 3.63) is 82.9 Å². The number of allylic oxidation sites excluding steroid dienone is 2. The molecule has 0 heterocycles. The average Bonchev–Trinajstić information content (AvgIpc) is 2.59. The van der Waals surface area contributed by atoms with Gasteiger partial charge in [-0.2, -0.15) is 10.5 Å². The minimum Gasteiger partial charge on any atom is -0.192 e. The molecule has 0 fully saturated rings. The molecule has 22 heavy (non-hydrogen) atoms. The second-order valence-corrected chi connectivity index (χ2v) is 4.21. The van der Waals surface area contributed by atoms with Gasteiger partial charge in [-0.15, -0.1) is 0 Å². The number of rotatable bonds is 0. The van der Waals surface area contributed by atoms with Crippen LogP contribution < -0.4 is 0 Å². The minimum atomic E-state index is -0.0770. The van der Waals surface area contributed by atoms with Gasteiger partial charge in [-0.3, -0.25) is 0 Å². The smallest absolute Gasteiger partial charge is 0.153 e. The minimum absolute atomic E-state index is 0.0770. The quantitative estimate of drug-likeness (QED) is 0.547. The maximum absolute atomic E-state index is 9.02. The molecule has 0 N–H and O–H groups in total. The van der Waals surface area contributed by atoms with Crippen molar-refractivity contribution >= 4 is 0 Å². The van der Waals surface area contributed by atoms with E-state index in [0.717, 1.165) is 11.1 Å². The van der Waals surface area contributed by atoms with E-state index in [1.807, 2.05) is 72.8 Å². The molecule has 0 saturated carbocycles. The van der Waals surface area contributed by atoms with Crippen molar-refractivity contribution in [1.29, 1.82) is 10.5 Å². The van der Waals surface area contributed by atoms with Crippen LogP contribution in [0, 0.1) is 46.3 Å². The van der Waals surface area contributed by atoms with Crippen molar-refractivity contribution in [3.8, 4) is 35.8 Å². The fourth-order valence-corrected chi connectivity index (χ4v) is 1.61. The van der Waals surface area contributed by atoms with Gasteiger partial charge in [0.1, 0.15) is 17.7 Å². The summed E-state index contributed by atoms with van der Waals surface area (Å²) in [5, 5.41) is 18.0. The molecule has 2 aromatic rings. The van der Waals surface area contributed by atoms with Gasteiger partial charge in [-0.25, -0.2) is 0 Å². The number of nitriles is 2. The molecule has 0 aliphatic carbocycles. The van der Waals surface area contributed by atoms with Gasteiger partial charge in [-0.05, 0) is 24.3 Å². The van der Waals surface area contributed by atoms with Crippen molar-refractivity contribution < 1.29 is 0 Å². The second-order valence-electron chi connectivity index (χ2n) is 4.21. The molecule has 100 valence electrons. The average molecular weight is 278 g/mol. The van der Waals surface area contributed by atoms with Crippen molar-refractivity contribution in [2.45, 2.75) is 0 Å². The highest BCUT2D eigenvalue weighted by atomic mass is 14.3. The molecule has 0 aliphatic rings. The first-order chi connectivity index (χ1) is 10.8. The molecule has 0 radical (unpaired) electrons. The van der Waals surface area contributed by atoms with Crippen LogP contribution in [0.25, 0.3) is 0 Å². The van der Waals surface area contributed by atoms with Crippen LogP contribution >= 0.6 is 0 Å². The maximum atomic E-state index is 9.02. The zero-order chi connectivity index (χ0) is 15.6. The number of nitrogens with zero attached hydrogens (tertiary/aromatic N) is 2. The Hall–Kier alpha value is -3.72. The Balaban J connectivity index is 2.42. The first kappa shape index (κ1) is 14.7. The first-order valence-corrected chi connectivity index (χ1v) is 6.52. The van der Waals surface area contributed by atoms with Crippen molar-refractivity contribution in [2.75, 3.05) is 0 Å². The Morgan fingerprint density at radius 1 is 0.591 bits per heavy atom. The number of hydrogen-bond donors (Lipinski definition) is 0. The second kappa shape index (κ2) is 7.77. The fraction of sp³-hybridized carbons (Fsp3) is 0. The summed E-state index contributed by atoms with van der Waals surface area (Å²) in [6, 6.07) is 22.4. The molecule has 0 amide bonds. The lowest BCUT2D eigenvalue weighted by Crippen LogP contribution is -1.84. The van der Waals surface area contributed by atoms with Crippen molar-refractivity contribution in [2.24, 2.45) is 0 Å². The van der Waals surface area contributed by atoms with Crippen LogP contribution in [-0.4, -0.2) is 0 Å². The molecule has 0 unspecified atom stereocenters. The molecule has 2 nitrogen and oxygen atoms in total. The Bertz CT molecular complexity index is 810. The van der Waals surface area contributed by atoms with Crippen LogP contribution in [-0.2, 0) is 0 Å². The van der Waals surface area contributed by atoms with E-state index in [9.17, 15) is 0 Å². The summed E-state index contributed by atoms with van der Waals surface area (Å²) in [5.41, 5.74) is 1.76. The maximum Gasteiger partial charge on any atom is 0.153 e. The molecular formula is C20H10N2. The van der Waals surface area contributed by atoms with Crippen molar-refractivity contribution in [1.82, 2.24) is 0 Å². The Kier molecular flexibility index (Phi) is 5.19. The summed E-state index contributed by atoms with van der Waals surface area (Å²) in [4.78, 5) is 0. The van der Waals surface area contributed by atoms with E-state index in [0.29, 0.717) is 0 Å². The van der Waals surface area contributed by atoms with E-state index in [4.69, 9.17) is 10.5 Å². The standard InChI is InChI=1S/C20H10N2/c21-15-20(16-22)19(13-11-17-7-3-1-4-8-17)14-12-18-9-5-2-6-10-18/h1-10H. The molecule has 2 aromatic carbocycles. The highest BCUT2D eigenvalue weighted by Gasteiger charge is 2.00. The Morgan fingerprint density at radius 3 is 1.36 bits per heavy atom. The third-order valence-electron chi connectivity index (χ3n) is 2.68. The van der Waals surface area contributed by atoms with Gasteiger partial charge in [0, 0.05) is 11.1 Å². The third-order valence-corrected chi connectivity index (χ3v) is 2.68. The van der Waals surface area contributed by atoms with E-state index < -0.39 is 0 Å². The first-order valence-electron chi connectivity index (χ1n) is 6.52. The number of hydrogen-bond acceptors (Lipinski definition) is 2. The van der Waals surface area contributed by atoms with Gasteiger partial charge in [0.25, 0.3) is 0 Å². The van der Waals surface area contributed by atoms with E-state index in [-0.39, 0.29) is 11.1 Å². The van der Waals surface area contributed by atoms with Crippen LogP contribution in [0.15, 0.2) is 71.8 Å². The largest absolute Gasteiger partial charge is 0.192 e. The molecular weight excluding hydrogens is 268 g/mol. The lowest BCUT2D eigenvalue weighted by molar-refractivity contribution is 1.45. The van der Waals surface area contributed by atoms with Crippen LogP contribution in [0.5, 0.6) is 0 Å². The predicted molar refractivity (Wildman–Crippen MR) is 84.9 cm³/mol. The highest BCUT2D eigenvalue weighted by Crippen LogP contribution is 2.04. The molecule has 0 aromatic heterocycles. The lowest BCUT2D eigenvalue weighted by atomic mass is 10.1. The molecule has 2 heteroatoms. The molecule has 0 saturated heterocycles. The molecule has 0 bridgehead atoms. The predicted octanol–water partition coefficient (Wildman–Crippen LogP) is 3.43. The van der Waals surface area contributed by atoms with Gasteiger partial charge in [0.15, 0.2) is 5.57 Å². The monoisotopic (exact) mass is 278 g/mol. The van der Waals surface area contributed by atoms with E-state index in [1.165, 1.54) is 0 Å². The zero-order valence-corrected chi connectivity index (χ0v) is 11.7. The molecule has 0 spiro atoms. The van der Waals surface area contributed by atoms with Crippen LogP contribution in [0.4, 0.5) is 0 Å². The van der Waals surface area contributed by atoms with Gasteiger partial charge in [0.05, 0.1) is 0 Å².